The smallest absolute Gasteiger partial charge is 0.416 e. The summed E-state index contributed by atoms with van der Waals surface area (Å²) in [4.78, 5) is 33.1. The van der Waals surface area contributed by atoms with Crippen molar-refractivity contribution in [2.45, 2.75) is 25.6 Å². The van der Waals surface area contributed by atoms with Gasteiger partial charge in [0, 0.05) is 50.5 Å². The summed E-state index contributed by atoms with van der Waals surface area (Å²) in [5, 5.41) is 1.04. The van der Waals surface area contributed by atoms with Gasteiger partial charge in [-0.3, -0.25) is 9.59 Å². The zero-order valence-electron chi connectivity index (χ0n) is 23.4. The first-order chi connectivity index (χ1) is 20.2. The van der Waals surface area contributed by atoms with E-state index >= 15 is 0 Å². The van der Waals surface area contributed by atoms with Crippen LogP contribution in [0.1, 0.15) is 23.1 Å². The minimum absolute atomic E-state index is 0.0972. The summed E-state index contributed by atoms with van der Waals surface area (Å²) in [5.41, 5.74) is 1.79. The molecule has 0 saturated heterocycles. The van der Waals surface area contributed by atoms with E-state index in [9.17, 15) is 22.8 Å². The number of rotatable bonds is 14. The van der Waals surface area contributed by atoms with Crippen molar-refractivity contribution < 1.29 is 32.2 Å². The highest BCUT2D eigenvalue weighted by Crippen LogP contribution is 2.29. The highest BCUT2D eigenvalue weighted by atomic mass is 19.4. The molecule has 0 fully saturated rings. The van der Waals surface area contributed by atoms with Crippen molar-refractivity contribution in [1.82, 2.24) is 14.8 Å². The van der Waals surface area contributed by atoms with Crippen LogP contribution in [0.5, 0.6) is 5.75 Å². The van der Waals surface area contributed by atoms with Gasteiger partial charge in [0.05, 0.1) is 12.1 Å². The topological polar surface area (TPSA) is 74.9 Å². The molecule has 3 aromatic carbocycles. The molecule has 2 amide bonds. The third-order valence-corrected chi connectivity index (χ3v) is 6.89. The van der Waals surface area contributed by atoms with Crippen LogP contribution in [0, 0.1) is 0 Å². The number of ether oxygens (including phenoxy) is 2. The molecular formula is C32H34F3N3O4. The fourth-order valence-corrected chi connectivity index (χ4v) is 4.61. The first-order valence-electron chi connectivity index (χ1n) is 13.7. The lowest BCUT2D eigenvalue weighted by atomic mass is 10.1. The molecule has 222 valence electrons. The molecule has 0 spiro atoms. The van der Waals surface area contributed by atoms with Gasteiger partial charge in [-0.05, 0) is 54.3 Å². The molecule has 0 aliphatic heterocycles. The van der Waals surface area contributed by atoms with E-state index in [0.717, 1.165) is 28.6 Å². The Morgan fingerprint density at radius 1 is 0.857 bits per heavy atom. The molecule has 0 unspecified atom stereocenters. The number of fused-ring (bicyclic) bond motifs is 1. The van der Waals surface area contributed by atoms with Crippen LogP contribution in [0.3, 0.4) is 0 Å². The zero-order chi connectivity index (χ0) is 30.0. The minimum Gasteiger partial charge on any atom is -0.484 e. The molecular weight excluding hydrogens is 547 g/mol. The molecule has 1 N–H and O–H groups in total. The summed E-state index contributed by atoms with van der Waals surface area (Å²) in [5.74, 6) is -0.133. The van der Waals surface area contributed by atoms with E-state index in [1.165, 1.54) is 17.0 Å². The normalized spacial score (nSPS) is 11.4. The van der Waals surface area contributed by atoms with Crippen molar-refractivity contribution in [2.24, 2.45) is 0 Å². The number of alkyl halides is 3. The van der Waals surface area contributed by atoms with Crippen molar-refractivity contribution in [2.75, 3.05) is 40.0 Å². The van der Waals surface area contributed by atoms with Crippen molar-refractivity contribution >= 4 is 22.7 Å². The maximum absolute atomic E-state index is 13.7. The molecule has 0 aliphatic rings. The van der Waals surface area contributed by atoms with Gasteiger partial charge in [0.25, 0.3) is 5.91 Å². The Kier molecular flexibility index (Phi) is 10.6. The monoisotopic (exact) mass is 581 g/mol. The first kappa shape index (κ1) is 30.6. The fourth-order valence-electron chi connectivity index (χ4n) is 4.61. The van der Waals surface area contributed by atoms with Crippen LogP contribution < -0.4 is 4.74 Å². The number of hydrogen-bond donors (Lipinski definition) is 1. The lowest BCUT2D eigenvalue weighted by Gasteiger charge is -2.28. The number of halogens is 3. The standard InChI is InChI=1S/C32H34F3N3O4/c1-41-19-7-17-37(31(40)23-42-27-8-3-2-4-9-27)22-30(39)38(21-24-12-14-26(15-13-24)32(33,34)35)18-16-25-20-36-29-11-6-5-10-28(25)29/h2-6,8-15,20,36H,7,16-19,21-23H2,1H3. The third-order valence-electron chi connectivity index (χ3n) is 6.89. The summed E-state index contributed by atoms with van der Waals surface area (Å²) < 4.78 is 50.1. The van der Waals surface area contributed by atoms with Crippen LogP contribution in [-0.4, -0.2) is 66.6 Å². The number of aromatic nitrogens is 1. The van der Waals surface area contributed by atoms with Crippen molar-refractivity contribution in [3.63, 3.8) is 0 Å². The second kappa shape index (κ2) is 14.5. The van der Waals surface area contributed by atoms with Crippen molar-refractivity contribution in [3.8, 4) is 5.75 Å². The predicted molar refractivity (Wildman–Crippen MR) is 154 cm³/mol. The number of para-hydroxylation sites is 2. The lowest BCUT2D eigenvalue weighted by molar-refractivity contribution is -0.142. The first-order valence-corrected chi connectivity index (χ1v) is 13.7. The molecule has 0 aliphatic carbocycles. The third kappa shape index (κ3) is 8.59. The molecule has 42 heavy (non-hydrogen) atoms. The van der Waals surface area contributed by atoms with Gasteiger partial charge in [0.15, 0.2) is 6.61 Å². The van der Waals surface area contributed by atoms with Crippen LogP contribution in [0.15, 0.2) is 85.1 Å². The van der Waals surface area contributed by atoms with Gasteiger partial charge in [0.1, 0.15) is 5.75 Å². The highest BCUT2D eigenvalue weighted by Gasteiger charge is 2.30. The van der Waals surface area contributed by atoms with Crippen LogP contribution in [0.2, 0.25) is 0 Å². The average molecular weight is 582 g/mol. The average Bonchev–Trinajstić information content (AvgIpc) is 3.41. The van der Waals surface area contributed by atoms with E-state index in [1.54, 1.807) is 36.3 Å². The van der Waals surface area contributed by atoms with Crippen molar-refractivity contribution in [1.29, 1.82) is 0 Å². The Balaban J connectivity index is 1.50. The molecule has 4 aromatic rings. The predicted octanol–water partition coefficient (Wildman–Crippen LogP) is 5.70. The van der Waals surface area contributed by atoms with Gasteiger partial charge in [-0.1, -0.05) is 48.5 Å². The van der Waals surface area contributed by atoms with Crippen LogP contribution in [0.25, 0.3) is 10.9 Å². The Labute approximate surface area is 242 Å². The SMILES string of the molecule is COCCCN(CC(=O)N(CCc1c[nH]c2ccccc12)Cc1ccc(C(F)(F)F)cc1)C(=O)COc1ccccc1. The molecule has 1 heterocycles. The second-order valence-corrected chi connectivity index (χ2v) is 9.88. The molecule has 0 bridgehead atoms. The van der Waals surface area contributed by atoms with Gasteiger partial charge >= 0.3 is 6.18 Å². The zero-order valence-corrected chi connectivity index (χ0v) is 23.4. The Bertz CT molecular complexity index is 1440. The summed E-state index contributed by atoms with van der Waals surface area (Å²) in [6.45, 7) is 0.663. The Morgan fingerprint density at radius 2 is 1.57 bits per heavy atom. The van der Waals surface area contributed by atoms with Gasteiger partial charge in [-0.15, -0.1) is 0 Å². The van der Waals surface area contributed by atoms with Gasteiger partial charge in [-0.2, -0.15) is 13.2 Å². The van der Waals surface area contributed by atoms with Gasteiger partial charge in [-0.25, -0.2) is 0 Å². The number of amides is 2. The summed E-state index contributed by atoms with van der Waals surface area (Å²) >= 11 is 0. The van der Waals surface area contributed by atoms with E-state index in [-0.39, 0.29) is 38.1 Å². The molecule has 4 rings (SSSR count). The number of hydrogen-bond acceptors (Lipinski definition) is 4. The lowest BCUT2D eigenvalue weighted by Crippen LogP contribution is -2.45. The molecule has 0 saturated carbocycles. The number of carbonyl (C=O) groups excluding carboxylic acids is 2. The van der Waals surface area contributed by atoms with Crippen LogP contribution in [0.4, 0.5) is 13.2 Å². The number of carbonyl (C=O) groups is 2. The van der Waals surface area contributed by atoms with E-state index in [1.807, 2.05) is 36.5 Å². The number of benzene rings is 3. The maximum atomic E-state index is 13.7. The maximum Gasteiger partial charge on any atom is 0.416 e. The molecule has 1 aromatic heterocycles. The second-order valence-electron chi connectivity index (χ2n) is 9.88. The molecule has 10 heteroatoms. The number of methoxy groups -OCH3 is 1. The fraction of sp³-hybridized carbons (Fsp3) is 0.312. The van der Waals surface area contributed by atoms with Gasteiger partial charge in [0.2, 0.25) is 5.91 Å². The largest absolute Gasteiger partial charge is 0.484 e. The highest BCUT2D eigenvalue weighted by molar-refractivity contribution is 5.86. The number of nitrogens with zero attached hydrogens (tertiary/aromatic N) is 2. The molecule has 7 nitrogen and oxygen atoms in total. The van der Waals surface area contributed by atoms with E-state index in [4.69, 9.17) is 9.47 Å². The Hall–Kier alpha value is -4.31. The number of nitrogens with one attached hydrogen (secondary N) is 1. The van der Waals surface area contributed by atoms with E-state index < -0.39 is 11.7 Å². The van der Waals surface area contributed by atoms with Gasteiger partial charge < -0.3 is 24.3 Å². The molecule has 0 radical (unpaired) electrons. The van der Waals surface area contributed by atoms with Crippen LogP contribution >= 0.6 is 0 Å². The van der Waals surface area contributed by atoms with E-state index in [2.05, 4.69) is 4.98 Å². The minimum atomic E-state index is -4.45. The van der Waals surface area contributed by atoms with Crippen LogP contribution in [-0.2, 0) is 33.5 Å². The summed E-state index contributed by atoms with van der Waals surface area (Å²) in [7, 11) is 1.56. The quantitative estimate of drug-likeness (QED) is 0.194. The number of H-pyrrole nitrogens is 1. The van der Waals surface area contributed by atoms with E-state index in [0.29, 0.717) is 37.3 Å². The van der Waals surface area contributed by atoms with Crippen molar-refractivity contribution in [3.05, 3.63) is 102 Å². The summed E-state index contributed by atoms with van der Waals surface area (Å²) in [6.07, 6.45) is -1.51. The molecule has 0 atom stereocenters. The number of aromatic amines is 1. The Morgan fingerprint density at radius 3 is 2.29 bits per heavy atom. The summed E-state index contributed by atoms with van der Waals surface area (Å²) in [6, 6.07) is 21.5.